The van der Waals surface area contributed by atoms with Gasteiger partial charge < -0.3 is 21.5 Å². The quantitative estimate of drug-likeness (QED) is 0.483. The first kappa shape index (κ1) is 20.1. The Balaban J connectivity index is 2.85. The van der Waals surface area contributed by atoms with Crippen LogP contribution in [0.15, 0.2) is 24.3 Å². The van der Waals surface area contributed by atoms with Crippen molar-refractivity contribution < 1.29 is 28.7 Å². The van der Waals surface area contributed by atoms with Gasteiger partial charge in [-0.1, -0.05) is 12.1 Å². The van der Waals surface area contributed by atoms with E-state index in [1.807, 2.05) is 0 Å². The number of hydrogen-bond acceptors (Lipinski definition) is 4. The summed E-state index contributed by atoms with van der Waals surface area (Å²) in [5, 5.41) is 13.4. The van der Waals surface area contributed by atoms with Gasteiger partial charge in [-0.25, -0.2) is 4.39 Å². The highest BCUT2D eigenvalue weighted by Crippen LogP contribution is 2.08. The average Bonchev–Trinajstić information content (AvgIpc) is 2.49. The molecule has 8 nitrogen and oxygen atoms in total. The average molecular weight is 353 g/mol. The normalized spacial score (nSPS) is 12.7. The van der Waals surface area contributed by atoms with Crippen LogP contribution in [-0.4, -0.2) is 40.9 Å². The molecular formula is C16H20FN3O5. The first-order chi connectivity index (χ1) is 11.7. The Morgan fingerprint density at radius 1 is 1.20 bits per heavy atom. The molecule has 0 bridgehead atoms. The van der Waals surface area contributed by atoms with E-state index in [1.54, 1.807) is 6.07 Å². The summed E-state index contributed by atoms with van der Waals surface area (Å²) in [7, 11) is 0. The molecule has 0 aromatic heterocycles. The Labute approximate surface area is 143 Å². The van der Waals surface area contributed by atoms with E-state index >= 15 is 0 Å². The molecule has 1 rings (SSSR count). The fourth-order valence-electron chi connectivity index (χ4n) is 2.18. The van der Waals surface area contributed by atoms with Crippen LogP contribution in [0.1, 0.15) is 25.3 Å². The molecule has 9 heteroatoms. The summed E-state index contributed by atoms with van der Waals surface area (Å²) >= 11 is 0. The number of aliphatic carboxylic acids is 1. The Morgan fingerprint density at radius 2 is 1.88 bits per heavy atom. The predicted octanol–water partition coefficient (Wildman–Crippen LogP) is -0.292. The van der Waals surface area contributed by atoms with Crippen LogP contribution in [0.3, 0.4) is 0 Å². The van der Waals surface area contributed by atoms with Crippen LogP contribution in [0.5, 0.6) is 0 Å². The number of halogens is 1. The minimum absolute atomic E-state index is 0.00636. The molecule has 0 unspecified atom stereocenters. The van der Waals surface area contributed by atoms with Crippen molar-refractivity contribution in [3.05, 3.63) is 35.6 Å². The maximum atomic E-state index is 13.3. The Bertz CT molecular complexity index is 665. The van der Waals surface area contributed by atoms with E-state index < -0.39 is 41.6 Å². The molecule has 0 spiro atoms. The fraction of sp³-hybridized carbons (Fsp3) is 0.375. The summed E-state index contributed by atoms with van der Waals surface area (Å²) in [6.45, 7) is 1.21. The highest BCUT2D eigenvalue weighted by Gasteiger charge is 2.25. The second-order valence-corrected chi connectivity index (χ2v) is 5.48. The first-order valence-corrected chi connectivity index (χ1v) is 7.52. The number of primary amides is 1. The lowest BCUT2D eigenvalue weighted by molar-refractivity contribution is -0.137. The van der Waals surface area contributed by atoms with Gasteiger partial charge in [0.25, 0.3) is 0 Å². The molecular weight excluding hydrogens is 333 g/mol. The third-order valence-electron chi connectivity index (χ3n) is 3.33. The van der Waals surface area contributed by atoms with Crippen molar-refractivity contribution in [1.82, 2.24) is 10.6 Å². The van der Waals surface area contributed by atoms with E-state index in [-0.39, 0.29) is 19.3 Å². The third kappa shape index (κ3) is 7.42. The van der Waals surface area contributed by atoms with E-state index in [4.69, 9.17) is 10.8 Å². The van der Waals surface area contributed by atoms with Crippen LogP contribution in [0.2, 0.25) is 0 Å². The number of benzene rings is 1. The van der Waals surface area contributed by atoms with E-state index in [1.165, 1.54) is 25.1 Å². The second-order valence-electron chi connectivity index (χ2n) is 5.48. The largest absolute Gasteiger partial charge is 0.481 e. The van der Waals surface area contributed by atoms with Crippen molar-refractivity contribution in [3.8, 4) is 0 Å². The lowest BCUT2D eigenvalue weighted by atomic mass is 10.0. The molecule has 0 aliphatic heterocycles. The molecule has 2 atom stereocenters. The Morgan fingerprint density at radius 3 is 2.40 bits per heavy atom. The van der Waals surface area contributed by atoms with Gasteiger partial charge in [0.1, 0.15) is 17.9 Å². The first-order valence-electron chi connectivity index (χ1n) is 7.52. The van der Waals surface area contributed by atoms with Crippen LogP contribution in [0, 0.1) is 5.82 Å². The molecule has 3 amide bonds. The number of carboxylic acids is 1. The number of nitrogens with two attached hydrogens (primary N) is 1. The lowest BCUT2D eigenvalue weighted by Crippen LogP contribution is -2.53. The van der Waals surface area contributed by atoms with E-state index in [0.717, 1.165) is 0 Å². The van der Waals surface area contributed by atoms with Crippen molar-refractivity contribution in [2.24, 2.45) is 5.73 Å². The molecule has 0 radical (unpaired) electrons. The van der Waals surface area contributed by atoms with Crippen LogP contribution < -0.4 is 16.4 Å². The number of carboxylic acid groups (broad SMARTS) is 1. The van der Waals surface area contributed by atoms with Gasteiger partial charge in [-0.05, 0) is 24.1 Å². The van der Waals surface area contributed by atoms with E-state index in [2.05, 4.69) is 10.6 Å². The van der Waals surface area contributed by atoms with Gasteiger partial charge in [-0.2, -0.15) is 0 Å². The van der Waals surface area contributed by atoms with Gasteiger partial charge >= 0.3 is 5.97 Å². The zero-order valence-electron chi connectivity index (χ0n) is 13.6. The molecule has 0 fully saturated rings. The van der Waals surface area contributed by atoms with Gasteiger partial charge in [0.15, 0.2) is 0 Å². The third-order valence-corrected chi connectivity index (χ3v) is 3.33. The molecule has 136 valence electrons. The zero-order chi connectivity index (χ0) is 19.0. The van der Waals surface area contributed by atoms with Crippen LogP contribution >= 0.6 is 0 Å². The van der Waals surface area contributed by atoms with Crippen LogP contribution in [0.25, 0.3) is 0 Å². The standard InChI is InChI=1S/C16H20FN3O5/c1-9(21)19-13(8-10-3-2-4-11(17)7-10)16(25)20-12(15(18)24)5-6-14(22)23/h2-4,7,12-13H,5-6,8H2,1H3,(H2,18,24)(H,19,21)(H,20,25)(H,22,23)/t12-,13+/m0/s1. The van der Waals surface area contributed by atoms with E-state index in [0.29, 0.717) is 5.56 Å². The summed E-state index contributed by atoms with van der Waals surface area (Å²) in [6.07, 6.45) is -0.542. The number of carbonyl (C=O) groups excluding carboxylic acids is 3. The number of rotatable bonds is 9. The summed E-state index contributed by atoms with van der Waals surface area (Å²) in [5.41, 5.74) is 5.63. The maximum absolute atomic E-state index is 13.3. The highest BCUT2D eigenvalue weighted by molar-refractivity contribution is 5.91. The van der Waals surface area contributed by atoms with Crippen molar-refractivity contribution in [3.63, 3.8) is 0 Å². The molecule has 5 N–H and O–H groups in total. The zero-order valence-corrected chi connectivity index (χ0v) is 13.6. The second kappa shape index (κ2) is 9.36. The Kier molecular flexibility index (Phi) is 7.51. The monoisotopic (exact) mass is 353 g/mol. The maximum Gasteiger partial charge on any atom is 0.303 e. The van der Waals surface area contributed by atoms with E-state index in [9.17, 15) is 23.6 Å². The minimum atomic E-state index is -1.19. The molecule has 0 aliphatic rings. The van der Waals surface area contributed by atoms with Gasteiger partial charge in [-0.3, -0.25) is 19.2 Å². The Hall–Kier alpha value is -2.97. The number of nitrogens with one attached hydrogen (secondary N) is 2. The minimum Gasteiger partial charge on any atom is -0.481 e. The summed E-state index contributed by atoms with van der Waals surface area (Å²) in [6, 6.07) is 3.26. The lowest BCUT2D eigenvalue weighted by Gasteiger charge is -2.21. The van der Waals surface area contributed by atoms with Crippen molar-refractivity contribution >= 4 is 23.7 Å². The molecule has 0 heterocycles. The van der Waals surface area contributed by atoms with Crippen LogP contribution in [-0.2, 0) is 25.6 Å². The number of carbonyl (C=O) groups is 4. The summed E-state index contributed by atoms with van der Waals surface area (Å²) < 4.78 is 13.3. The van der Waals surface area contributed by atoms with Crippen molar-refractivity contribution in [2.45, 2.75) is 38.3 Å². The molecule has 25 heavy (non-hydrogen) atoms. The smallest absolute Gasteiger partial charge is 0.303 e. The fourth-order valence-corrected chi connectivity index (χ4v) is 2.18. The summed E-state index contributed by atoms with van der Waals surface area (Å²) in [4.78, 5) is 45.6. The van der Waals surface area contributed by atoms with Gasteiger partial charge in [-0.15, -0.1) is 0 Å². The van der Waals surface area contributed by atoms with Crippen LogP contribution in [0.4, 0.5) is 4.39 Å². The number of hydrogen-bond donors (Lipinski definition) is 4. The van der Waals surface area contributed by atoms with Gasteiger partial charge in [0, 0.05) is 19.8 Å². The molecule has 0 aliphatic carbocycles. The topological polar surface area (TPSA) is 139 Å². The van der Waals surface area contributed by atoms with Crippen molar-refractivity contribution in [1.29, 1.82) is 0 Å². The van der Waals surface area contributed by atoms with Gasteiger partial charge in [0.05, 0.1) is 0 Å². The summed E-state index contributed by atoms with van der Waals surface area (Å²) in [5.74, 6) is -3.72. The molecule has 0 saturated carbocycles. The number of amides is 3. The molecule has 1 aromatic rings. The van der Waals surface area contributed by atoms with Gasteiger partial charge in [0.2, 0.25) is 17.7 Å². The molecule has 0 saturated heterocycles. The predicted molar refractivity (Wildman–Crippen MR) is 85.7 cm³/mol. The van der Waals surface area contributed by atoms with Crippen molar-refractivity contribution in [2.75, 3.05) is 0 Å². The SMILES string of the molecule is CC(=O)N[C@H](Cc1cccc(F)c1)C(=O)N[C@@H](CCC(=O)O)C(N)=O. The highest BCUT2D eigenvalue weighted by atomic mass is 19.1. The molecule has 1 aromatic carbocycles.